The molecule has 0 unspecified atom stereocenters. The summed E-state index contributed by atoms with van der Waals surface area (Å²) in [4.78, 5) is 42.4. The predicted octanol–water partition coefficient (Wildman–Crippen LogP) is 4.35. The van der Waals surface area contributed by atoms with Gasteiger partial charge < -0.3 is 5.32 Å². The fraction of sp³-hybridized carbons (Fsp3) is 0.150. The number of benzene rings is 1. The minimum absolute atomic E-state index is 0.119. The Balaban J connectivity index is 1.68. The van der Waals surface area contributed by atoms with Gasteiger partial charge in [0.15, 0.2) is 0 Å². The molecule has 152 valence electrons. The van der Waals surface area contributed by atoms with E-state index in [1.54, 1.807) is 19.9 Å². The van der Waals surface area contributed by atoms with Crippen molar-refractivity contribution in [3.05, 3.63) is 72.9 Å². The van der Waals surface area contributed by atoms with Gasteiger partial charge in [0.05, 0.1) is 16.0 Å². The molecule has 1 amide bonds. The number of thiophene rings is 2. The van der Waals surface area contributed by atoms with Gasteiger partial charge in [0.1, 0.15) is 17.2 Å². The van der Waals surface area contributed by atoms with Crippen molar-refractivity contribution in [3.8, 4) is 10.4 Å². The lowest BCUT2D eigenvalue weighted by molar-refractivity contribution is -0.384. The van der Waals surface area contributed by atoms with E-state index in [1.165, 1.54) is 39.4 Å². The van der Waals surface area contributed by atoms with Crippen LogP contribution in [0.3, 0.4) is 0 Å². The summed E-state index contributed by atoms with van der Waals surface area (Å²) < 4.78 is 1.33. The normalized spacial score (nSPS) is 11.0. The third-order valence-corrected chi connectivity index (χ3v) is 6.45. The van der Waals surface area contributed by atoms with E-state index in [9.17, 15) is 19.7 Å². The predicted molar refractivity (Wildman–Crippen MR) is 118 cm³/mol. The van der Waals surface area contributed by atoms with E-state index in [4.69, 9.17) is 0 Å². The monoisotopic (exact) mass is 440 g/mol. The zero-order chi connectivity index (χ0) is 21.4. The number of nitrogens with zero attached hydrogens (tertiary/aromatic N) is 3. The summed E-state index contributed by atoms with van der Waals surface area (Å²) >= 11 is 2.93. The van der Waals surface area contributed by atoms with E-state index in [1.807, 2.05) is 22.9 Å². The second-order valence-electron chi connectivity index (χ2n) is 6.66. The first kappa shape index (κ1) is 19.9. The van der Waals surface area contributed by atoms with Crippen LogP contribution in [0.25, 0.3) is 20.7 Å². The van der Waals surface area contributed by atoms with Crippen LogP contribution >= 0.6 is 22.7 Å². The summed E-state index contributed by atoms with van der Waals surface area (Å²) in [5.41, 5.74) is 1.43. The number of nitrogens with one attached hydrogen (secondary N) is 1. The Morgan fingerprint density at radius 1 is 1.27 bits per heavy atom. The number of amides is 1. The van der Waals surface area contributed by atoms with Crippen molar-refractivity contribution in [1.29, 1.82) is 0 Å². The number of anilines is 1. The first-order valence-electron chi connectivity index (χ1n) is 8.92. The van der Waals surface area contributed by atoms with Gasteiger partial charge in [-0.2, -0.15) is 0 Å². The second kappa shape index (κ2) is 7.81. The lowest BCUT2D eigenvalue weighted by Gasteiger charge is -2.12. The summed E-state index contributed by atoms with van der Waals surface area (Å²) in [6.07, 6.45) is 0. The Labute approximate surface area is 178 Å². The quantitative estimate of drug-likeness (QED) is 0.367. The van der Waals surface area contributed by atoms with Crippen molar-refractivity contribution in [2.24, 2.45) is 0 Å². The van der Waals surface area contributed by atoms with Gasteiger partial charge in [-0.15, -0.1) is 22.7 Å². The molecule has 0 saturated carbocycles. The topological polar surface area (TPSA) is 107 Å². The highest BCUT2D eigenvalue weighted by Crippen LogP contribution is 2.33. The largest absolute Gasteiger partial charge is 0.324 e. The van der Waals surface area contributed by atoms with Crippen LogP contribution in [0.15, 0.2) is 45.9 Å². The van der Waals surface area contributed by atoms with Crippen LogP contribution < -0.4 is 10.9 Å². The smallest absolute Gasteiger partial charge is 0.271 e. The number of carbonyl (C=O) groups is 1. The second-order valence-corrected chi connectivity index (χ2v) is 8.47. The van der Waals surface area contributed by atoms with Crippen molar-refractivity contribution in [1.82, 2.24) is 9.55 Å². The molecular formula is C20H16N4O4S2. The number of rotatable bonds is 5. The number of hydrogen-bond donors (Lipinski definition) is 1. The molecule has 0 aliphatic carbocycles. The van der Waals surface area contributed by atoms with Gasteiger partial charge in [0.2, 0.25) is 5.91 Å². The SMILES string of the molecule is Cc1ccc([N+](=O)[O-])cc1NC(=O)Cn1c(C)nc2scc(-c3cccs3)c2c1=O. The maximum absolute atomic E-state index is 13.2. The molecule has 1 aromatic carbocycles. The van der Waals surface area contributed by atoms with Gasteiger partial charge in [-0.1, -0.05) is 12.1 Å². The standard InChI is InChI=1S/C20H16N4O4S2/c1-11-5-6-13(24(27)28)8-15(11)22-17(25)9-23-12(2)21-19-18(20(23)26)14(10-30-19)16-4-3-7-29-16/h3-8,10H,9H2,1-2H3,(H,22,25). The van der Waals surface area contributed by atoms with Crippen LogP contribution in [0.1, 0.15) is 11.4 Å². The van der Waals surface area contributed by atoms with Gasteiger partial charge in [0, 0.05) is 28.0 Å². The molecular weight excluding hydrogens is 424 g/mol. The number of nitro benzene ring substituents is 1. The number of nitro groups is 1. The first-order chi connectivity index (χ1) is 14.3. The molecule has 4 aromatic rings. The van der Waals surface area contributed by atoms with E-state index in [0.717, 1.165) is 10.4 Å². The Morgan fingerprint density at radius 3 is 2.77 bits per heavy atom. The molecule has 0 atom stereocenters. The Morgan fingerprint density at radius 2 is 2.07 bits per heavy atom. The third kappa shape index (κ3) is 3.62. The summed E-state index contributed by atoms with van der Waals surface area (Å²) in [6.45, 7) is 3.18. The van der Waals surface area contributed by atoms with Crippen LogP contribution in [0.5, 0.6) is 0 Å². The Bertz CT molecular complexity index is 1340. The highest BCUT2D eigenvalue weighted by atomic mass is 32.1. The minimum Gasteiger partial charge on any atom is -0.324 e. The van der Waals surface area contributed by atoms with Gasteiger partial charge in [-0.3, -0.25) is 24.3 Å². The molecule has 4 rings (SSSR count). The zero-order valence-corrected chi connectivity index (χ0v) is 17.7. The van der Waals surface area contributed by atoms with Crippen LogP contribution in [-0.2, 0) is 11.3 Å². The van der Waals surface area contributed by atoms with E-state index >= 15 is 0 Å². The lowest BCUT2D eigenvalue weighted by atomic mass is 10.2. The van der Waals surface area contributed by atoms with Gasteiger partial charge >= 0.3 is 0 Å². The fourth-order valence-electron chi connectivity index (χ4n) is 3.12. The molecule has 0 fully saturated rings. The van der Waals surface area contributed by atoms with Crippen molar-refractivity contribution < 1.29 is 9.72 Å². The van der Waals surface area contributed by atoms with Crippen LogP contribution in [0.4, 0.5) is 11.4 Å². The van der Waals surface area contributed by atoms with E-state index in [-0.39, 0.29) is 17.8 Å². The molecule has 0 saturated heterocycles. The van der Waals surface area contributed by atoms with Gasteiger partial charge in [0.25, 0.3) is 11.2 Å². The summed E-state index contributed by atoms with van der Waals surface area (Å²) in [5, 5.41) is 18.0. The summed E-state index contributed by atoms with van der Waals surface area (Å²) in [6, 6.07) is 8.10. The van der Waals surface area contributed by atoms with E-state index in [0.29, 0.717) is 27.3 Å². The highest BCUT2D eigenvalue weighted by Gasteiger charge is 2.18. The van der Waals surface area contributed by atoms with Crippen molar-refractivity contribution in [2.75, 3.05) is 5.32 Å². The minimum atomic E-state index is -0.524. The number of carbonyl (C=O) groups excluding carboxylic acids is 1. The summed E-state index contributed by atoms with van der Waals surface area (Å²) in [5.74, 6) is -0.0316. The number of fused-ring (bicyclic) bond motifs is 1. The molecule has 10 heteroatoms. The van der Waals surface area contributed by atoms with Gasteiger partial charge in [-0.05, 0) is 30.9 Å². The molecule has 0 bridgehead atoms. The van der Waals surface area contributed by atoms with Crippen molar-refractivity contribution >= 4 is 50.2 Å². The van der Waals surface area contributed by atoms with Crippen LogP contribution in [0, 0.1) is 24.0 Å². The summed E-state index contributed by atoms with van der Waals surface area (Å²) in [7, 11) is 0. The maximum Gasteiger partial charge on any atom is 0.271 e. The average molecular weight is 441 g/mol. The maximum atomic E-state index is 13.2. The number of aryl methyl sites for hydroxylation is 2. The Kier molecular flexibility index (Phi) is 5.18. The lowest BCUT2D eigenvalue weighted by Crippen LogP contribution is -2.30. The average Bonchev–Trinajstić information content (AvgIpc) is 3.36. The zero-order valence-electron chi connectivity index (χ0n) is 16.0. The number of non-ortho nitro benzene ring substituents is 1. The van der Waals surface area contributed by atoms with Crippen molar-refractivity contribution in [3.63, 3.8) is 0 Å². The molecule has 8 nitrogen and oxygen atoms in total. The third-order valence-electron chi connectivity index (χ3n) is 4.68. The fourth-order valence-corrected chi connectivity index (χ4v) is 4.91. The van der Waals surface area contributed by atoms with Gasteiger partial charge in [-0.25, -0.2) is 4.98 Å². The molecule has 0 spiro atoms. The first-order valence-corrected chi connectivity index (χ1v) is 10.7. The van der Waals surface area contributed by atoms with E-state index < -0.39 is 10.8 Å². The molecule has 3 heterocycles. The number of hydrogen-bond acceptors (Lipinski definition) is 7. The van der Waals surface area contributed by atoms with E-state index in [2.05, 4.69) is 10.3 Å². The number of aromatic nitrogens is 2. The molecule has 0 radical (unpaired) electrons. The van der Waals surface area contributed by atoms with Crippen LogP contribution in [-0.4, -0.2) is 20.4 Å². The molecule has 3 aromatic heterocycles. The van der Waals surface area contributed by atoms with Crippen LogP contribution in [0.2, 0.25) is 0 Å². The Hall–Kier alpha value is -3.37. The highest BCUT2D eigenvalue weighted by molar-refractivity contribution is 7.18. The van der Waals surface area contributed by atoms with Crippen molar-refractivity contribution in [2.45, 2.75) is 20.4 Å². The molecule has 0 aliphatic heterocycles. The molecule has 1 N–H and O–H groups in total. The molecule has 30 heavy (non-hydrogen) atoms. The molecule has 0 aliphatic rings.